The van der Waals surface area contributed by atoms with Crippen LogP contribution in [0, 0.1) is 23.2 Å². The minimum Gasteiger partial charge on any atom is -0.385 e. The fourth-order valence-corrected chi connectivity index (χ4v) is 14.1. The van der Waals surface area contributed by atoms with Gasteiger partial charge >= 0.3 is 0 Å². The number of nitrogens with one attached hydrogen (secondary N) is 4. The van der Waals surface area contributed by atoms with Gasteiger partial charge in [-0.25, -0.2) is 0 Å². The Kier molecular flexibility index (Phi) is 34.2. The molecule has 0 radical (unpaired) electrons. The van der Waals surface area contributed by atoms with Gasteiger partial charge in [0.05, 0.1) is 0 Å². The van der Waals surface area contributed by atoms with E-state index in [9.17, 15) is 14.4 Å². The first-order chi connectivity index (χ1) is 37.2. The second-order valence-corrected chi connectivity index (χ2v) is 23.8. The number of carbonyl (C=O) groups is 4. The topological polar surface area (TPSA) is 199 Å². The Bertz CT molecular complexity index is 1370. The Morgan fingerprint density at radius 3 is 0.714 bits per heavy atom. The second-order valence-electron chi connectivity index (χ2n) is 23.8. The standard InChI is InChI=1S/C60H112N4O13/c1-69-34-10-22-57(23-11-35-70-2,24-12-36-71-3)61-52(65)19-31-60(64-55(68)56-46-49-43-50(47-56)45-51(44-49)48-56,32-20-53(66)62-58(25-13-37-72-4,26-14-38-73-5)27-15-39-74-6)33-21-54(67)63-59(28-16-40-75-7,29-17-41-76-8)30-18-42-77-9/h49-51H,10-48H2,1-9H3,(H,61,65)(H,62,66)(H,63,67)(H,64,68). The summed E-state index contributed by atoms with van der Waals surface area (Å²) in [6.07, 6.45) is 20.5. The highest BCUT2D eigenvalue weighted by Gasteiger charge is 2.56. The van der Waals surface area contributed by atoms with Gasteiger partial charge in [0.1, 0.15) is 0 Å². The molecule has 4 N–H and O–H groups in total. The smallest absolute Gasteiger partial charge is 0.226 e. The van der Waals surface area contributed by atoms with Crippen molar-refractivity contribution in [1.29, 1.82) is 0 Å². The van der Waals surface area contributed by atoms with Crippen molar-refractivity contribution in [3.05, 3.63) is 0 Å². The van der Waals surface area contributed by atoms with E-state index in [-0.39, 0.29) is 62.2 Å². The first-order valence-electron chi connectivity index (χ1n) is 29.9. The molecule has 4 aliphatic rings. The van der Waals surface area contributed by atoms with Gasteiger partial charge in [0.15, 0.2) is 0 Å². The zero-order chi connectivity index (χ0) is 56.3. The molecule has 0 heterocycles. The number of carbonyl (C=O) groups excluding carboxylic acids is 4. The number of hydrogen-bond acceptors (Lipinski definition) is 13. The number of ether oxygens (including phenoxy) is 9. The van der Waals surface area contributed by atoms with Crippen molar-refractivity contribution in [2.24, 2.45) is 23.2 Å². The lowest BCUT2D eigenvalue weighted by atomic mass is 9.49. The molecule has 0 unspecified atom stereocenters. The summed E-state index contributed by atoms with van der Waals surface area (Å²) in [4.78, 5) is 60.2. The molecule has 0 saturated heterocycles. The highest BCUT2D eigenvalue weighted by molar-refractivity contribution is 5.85. The van der Waals surface area contributed by atoms with Crippen molar-refractivity contribution >= 4 is 23.6 Å². The summed E-state index contributed by atoms with van der Waals surface area (Å²) < 4.78 is 49.6. The van der Waals surface area contributed by atoms with E-state index in [0.29, 0.717) is 77.2 Å². The van der Waals surface area contributed by atoms with Crippen LogP contribution in [0.2, 0.25) is 0 Å². The highest BCUT2D eigenvalue weighted by Crippen LogP contribution is 2.60. The SMILES string of the molecule is COCCCC(CCCOC)(CCCOC)NC(=O)CCC(CCC(=O)NC(CCCOC)(CCCOC)CCCOC)(CCC(=O)NC(CCCOC)(CCCOC)CCCOC)NC(=O)C12CC3CC(CC(C3)C1)C2. The van der Waals surface area contributed by atoms with Crippen molar-refractivity contribution in [2.45, 2.75) is 215 Å². The molecule has 0 spiro atoms. The van der Waals surface area contributed by atoms with Gasteiger partial charge in [0.2, 0.25) is 23.6 Å². The van der Waals surface area contributed by atoms with Gasteiger partial charge in [-0.2, -0.15) is 0 Å². The summed E-state index contributed by atoms with van der Waals surface area (Å²) in [6, 6.07) is 0. The van der Waals surface area contributed by atoms with E-state index in [1.54, 1.807) is 64.0 Å². The molecule has 0 aromatic carbocycles. The van der Waals surface area contributed by atoms with Crippen molar-refractivity contribution in [1.82, 2.24) is 21.3 Å². The van der Waals surface area contributed by atoms with Gasteiger partial charge in [0.25, 0.3) is 0 Å². The van der Waals surface area contributed by atoms with Crippen LogP contribution in [-0.4, -0.2) is 169 Å². The minimum absolute atomic E-state index is 0.0203. The van der Waals surface area contributed by atoms with Crippen LogP contribution in [0.25, 0.3) is 0 Å². The van der Waals surface area contributed by atoms with Crippen LogP contribution in [0.3, 0.4) is 0 Å². The molecule has 17 nitrogen and oxygen atoms in total. The average molecular weight is 1100 g/mol. The monoisotopic (exact) mass is 1100 g/mol. The Morgan fingerprint density at radius 1 is 0.325 bits per heavy atom. The first-order valence-corrected chi connectivity index (χ1v) is 29.9. The molecule has 77 heavy (non-hydrogen) atoms. The van der Waals surface area contributed by atoms with Crippen LogP contribution in [0.1, 0.15) is 193 Å². The summed E-state index contributed by atoms with van der Waals surface area (Å²) >= 11 is 0. The maximum atomic E-state index is 15.5. The third-order valence-electron chi connectivity index (χ3n) is 17.6. The third-order valence-corrected chi connectivity index (χ3v) is 17.6. The van der Waals surface area contributed by atoms with E-state index in [2.05, 4.69) is 21.3 Å². The average Bonchev–Trinajstić information content (AvgIpc) is 3.44. The normalized spacial score (nSPS) is 19.4. The molecule has 4 saturated carbocycles. The summed E-state index contributed by atoms with van der Waals surface area (Å²) in [6.45, 7) is 5.08. The maximum absolute atomic E-state index is 15.5. The molecule has 4 bridgehead atoms. The molecule has 0 aromatic heterocycles. The molecule has 4 fully saturated rings. The lowest BCUT2D eigenvalue weighted by molar-refractivity contribution is -0.149. The van der Waals surface area contributed by atoms with E-state index >= 15 is 4.79 Å². The maximum Gasteiger partial charge on any atom is 0.226 e. The summed E-state index contributed by atoms with van der Waals surface area (Å²) in [5.41, 5.74) is -3.19. The molecule has 0 atom stereocenters. The lowest BCUT2D eigenvalue weighted by Crippen LogP contribution is -2.60. The molecular weight excluding hydrogens is 985 g/mol. The zero-order valence-electron chi connectivity index (χ0n) is 50.1. The molecule has 450 valence electrons. The Balaban J connectivity index is 2.16. The molecule has 4 rings (SSSR count). The molecular formula is C60H112N4O13. The van der Waals surface area contributed by atoms with Crippen LogP contribution in [0.15, 0.2) is 0 Å². The van der Waals surface area contributed by atoms with Crippen LogP contribution < -0.4 is 21.3 Å². The third kappa shape index (κ3) is 25.1. The number of hydrogen-bond donors (Lipinski definition) is 4. The van der Waals surface area contributed by atoms with E-state index in [1.807, 2.05) is 0 Å². The number of methoxy groups -OCH3 is 9. The van der Waals surface area contributed by atoms with Gasteiger partial charge in [-0.05, 0) is 191 Å². The van der Waals surface area contributed by atoms with Crippen LogP contribution >= 0.6 is 0 Å². The van der Waals surface area contributed by atoms with Crippen molar-refractivity contribution in [2.75, 3.05) is 123 Å². The van der Waals surface area contributed by atoms with Gasteiger partial charge in [-0.1, -0.05) is 0 Å². The molecule has 17 heteroatoms. The van der Waals surface area contributed by atoms with Gasteiger partial charge in [-0.3, -0.25) is 19.2 Å². The fourth-order valence-electron chi connectivity index (χ4n) is 14.1. The summed E-state index contributed by atoms with van der Waals surface area (Å²) in [5.74, 6) is 1.22. The largest absolute Gasteiger partial charge is 0.385 e. The summed E-state index contributed by atoms with van der Waals surface area (Å²) in [7, 11) is 15.3. The minimum atomic E-state index is -1.08. The fraction of sp³-hybridized carbons (Fsp3) is 0.933. The molecule has 0 aromatic rings. The summed E-state index contributed by atoms with van der Waals surface area (Å²) in [5, 5.41) is 14.3. The van der Waals surface area contributed by atoms with Crippen LogP contribution in [0.5, 0.6) is 0 Å². The highest BCUT2D eigenvalue weighted by atomic mass is 16.5. The zero-order valence-corrected chi connectivity index (χ0v) is 50.1. The van der Waals surface area contributed by atoms with Gasteiger partial charge < -0.3 is 63.9 Å². The molecule has 0 aliphatic heterocycles. The van der Waals surface area contributed by atoms with Crippen LogP contribution in [-0.2, 0) is 61.8 Å². The first kappa shape index (κ1) is 68.8. The van der Waals surface area contributed by atoms with E-state index in [1.165, 1.54) is 19.3 Å². The van der Waals surface area contributed by atoms with Gasteiger partial charge in [0, 0.05) is 170 Å². The van der Waals surface area contributed by atoms with Crippen molar-refractivity contribution in [3.63, 3.8) is 0 Å². The quantitative estimate of drug-likeness (QED) is 0.0422. The number of rotatable bonds is 50. The van der Waals surface area contributed by atoms with E-state index < -0.39 is 27.6 Å². The Morgan fingerprint density at radius 2 is 0.519 bits per heavy atom. The van der Waals surface area contributed by atoms with Crippen LogP contribution in [0.4, 0.5) is 0 Å². The predicted molar refractivity (Wildman–Crippen MR) is 302 cm³/mol. The Labute approximate surface area is 466 Å². The number of amides is 4. The molecule has 4 amide bonds. The van der Waals surface area contributed by atoms with Crippen molar-refractivity contribution < 1.29 is 61.8 Å². The van der Waals surface area contributed by atoms with E-state index in [0.717, 1.165) is 135 Å². The lowest BCUT2D eigenvalue weighted by Gasteiger charge is -2.56. The van der Waals surface area contributed by atoms with Gasteiger partial charge in [-0.15, -0.1) is 0 Å². The van der Waals surface area contributed by atoms with E-state index in [4.69, 9.17) is 42.6 Å². The van der Waals surface area contributed by atoms with Crippen molar-refractivity contribution in [3.8, 4) is 0 Å². The predicted octanol–water partition coefficient (Wildman–Crippen LogP) is 8.80. The Hall–Kier alpha value is -2.48. The second kappa shape index (κ2) is 38.3. The molecule has 4 aliphatic carbocycles.